The lowest BCUT2D eigenvalue weighted by Crippen LogP contribution is -2.45. The van der Waals surface area contributed by atoms with E-state index in [1.807, 2.05) is 0 Å². The van der Waals surface area contributed by atoms with Crippen LogP contribution in [0, 0.1) is 17.7 Å². The molecule has 12 heteroatoms. The molecule has 186 valence electrons. The molecule has 0 spiro atoms. The number of nitrogens with two attached hydrogens (primary N) is 1. The second kappa shape index (κ2) is 12.0. The summed E-state index contributed by atoms with van der Waals surface area (Å²) in [6.07, 6.45) is 1.38. The third-order valence-corrected chi connectivity index (χ3v) is 4.83. The molecular formula is C23H23F3N4O5. The summed E-state index contributed by atoms with van der Waals surface area (Å²) in [5.74, 6) is 0.0524. The maximum absolute atomic E-state index is 15.3. The van der Waals surface area contributed by atoms with E-state index in [1.165, 1.54) is 37.6 Å². The van der Waals surface area contributed by atoms with Gasteiger partial charge >= 0.3 is 0 Å². The number of rotatable bonds is 4. The first kappa shape index (κ1) is 27.3. The number of methoxy groups -OCH3 is 1. The normalized spacial score (nSPS) is 18.5. The van der Waals surface area contributed by atoms with Crippen LogP contribution in [0.25, 0.3) is 0 Å². The van der Waals surface area contributed by atoms with Crippen LogP contribution in [0.15, 0.2) is 41.5 Å². The number of benzene rings is 1. The molecule has 0 saturated heterocycles. The molecule has 0 radical (unpaired) electrons. The zero-order chi connectivity index (χ0) is 26.1. The van der Waals surface area contributed by atoms with Crippen LogP contribution in [0.3, 0.4) is 0 Å². The minimum Gasteiger partial charge on any atom is -0.483 e. The monoisotopic (exact) mass is 492 g/mol. The molecule has 0 aliphatic carbocycles. The number of amidine groups is 1. The van der Waals surface area contributed by atoms with Gasteiger partial charge in [-0.3, -0.25) is 14.6 Å². The SMILES string of the molecule is COCC#Cc1ccc(C(=O)Nc2cccc([C@@]3(C)N=C(N)COCC3(F)F)c2F)nc1.O=CO. The molecule has 0 fully saturated rings. The quantitative estimate of drug-likeness (QED) is 0.440. The van der Waals surface area contributed by atoms with Crippen molar-refractivity contribution in [3.8, 4) is 11.8 Å². The summed E-state index contributed by atoms with van der Waals surface area (Å²) in [6, 6.07) is 6.75. The van der Waals surface area contributed by atoms with Gasteiger partial charge in [0.2, 0.25) is 0 Å². The predicted octanol–water partition coefficient (Wildman–Crippen LogP) is 2.41. The standard InChI is InChI=1S/C22H21F3N4O3.CH2O2/c1-21(22(24,25)13-32-12-18(26)29-21)15-6-3-7-16(19(15)23)28-20(30)17-9-8-14(11-27-17)5-4-10-31-2;2-1-3/h3,6-9,11H,10,12-13H2,1-2H3,(H2,26,29)(H,28,30);1H,(H,2,3)/t21-;/m1./s1. The Labute approximate surface area is 199 Å². The first-order valence-corrected chi connectivity index (χ1v) is 10.0. The summed E-state index contributed by atoms with van der Waals surface area (Å²) in [4.78, 5) is 28.7. The number of carbonyl (C=O) groups excluding carboxylic acids is 1. The Morgan fingerprint density at radius 3 is 2.71 bits per heavy atom. The number of nitrogens with zero attached hydrogens (tertiary/aromatic N) is 2. The maximum Gasteiger partial charge on any atom is 0.299 e. The summed E-state index contributed by atoms with van der Waals surface area (Å²) in [7, 11) is 1.51. The van der Waals surface area contributed by atoms with Crippen molar-refractivity contribution in [2.45, 2.75) is 18.4 Å². The van der Waals surface area contributed by atoms with Crippen molar-refractivity contribution in [3.63, 3.8) is 0 Å². The first-order valence-electron chi connectivity index (χ1n) is 10.0. The second-order valence-corrected chi connectivity index (χ2v) is 7.27. The second-order valence-electron chi connectivity index (χ2n) is 7.27. The highest BCUT2D eigenvalue weighted by molar-refractivity contribution is 6.03. The van der Waals surface area contributed by atoms with Crippen LogP contribution in [0.2, 0.25) is 0 Å². The fourth-order valence-electron chi connectivity index (χ4n) is 3.09. The average molecular weight is 492 g/mol. The molecule has 1 aliphatic rings. The Bertz CT molecular complexity index is 1150. The predicted molar refractivity (Wildman–Crippen MR) is 121 cm³/mol. The van der Waals surface area contributed by atoms with E-state index in [0.717, 1.165) is 6.92 Å². The molecule has 3 rings (SSSR count). The van der Waals surface area contributed by atoms with Crippen LogP contribution in [-0.4, -0.2) is 61.2 Å². The topological polar surface area (TPSA) is 136 Å². The van der Waals surface area contributed by atoms with Gasteiger partial charge in [0, 0.05) is 24.4 Å². The van der Waals surface area contributed by atoms with Gasteiger partial charge in [-0.25, -0.2) is 18.2 Å². The first-order chi connectivity index (χ1) is 16.6. The van der Waals surface area contributed by atoms with Crippen molar-refractivity contribution in [2.75, 3.05) is 32.2 Å². The van der Waals surface area contributed by atoms with Gasteiger partial charge in [-0.15, -0.1) is 0 Å². The van der Waals surface area contributed by atoms with Gasteiger partial charge in [-0.05, 0) is 25.1 Å². The number of aromatic nitrogens is 1. The van der Waals surface area contributed by atoms with Gasteiger partial charge in [0.1, 0.15) is 31.4 Å². The van der Waals surface area contributed by atoms with E-state index in [-0.39, 0.29) is 36.9 Å². The zero-order valence-corrected chi connectivity index (χ0v) is 18.8. The van der Waals surface area contributed by atoms with Crippen molar-refractivity contribution >= 4 is 23.9 Å². The number of hydrogen-bond donors (Lipinski definition) is 3. The Kier molecular flexibility index (Phi) is 9.33. The van der Waals surface area contributed by atoms with E-state index in [9.17, 15) is 13.6 Å². The highest BCUT2D eigenvalue weighted by Gasteiger charge is 2.54. The molecule has 1 amide bonds. The van der Waals surface area contributed by atoms with Gasteiger partial charge in [0.05, 0.1) is 5.69 Å². The number of hydrogen-bond acceptors (Lipinski definition) is 7. The average Bonchev–Trinajstić information content (AvgIpc) is 2.91. The van der Waals surface area contributed by atoms with Crippen LogP contribution in [-0.2, 0) is 19.8 Å². The van der Waals surface area contributed by atoms with Gasteiger partial charge in [0.15, 0.2) is 11.4 Å². The summed E-state index contributed by atoms with van der Waals surface area (Å²) in [6.45, 7) is -0.199. The van der Waals surface area contributed by atoms with Crippen molar-refractivity contribution in [2.24, 2.45) is 10.7 Å². The van der Waals surface area contributed by atoms with E-state index in [1.54, 1.807) is 6.07 Å². The van der Waals surface area contributed by atoms with E-state index < -0.39 is 35.4 Å². The molecule has 0 saturated carbocycles. The van der Waals surface area contributed by atoms with Crippen LogP contribution in [0.5, 0.6) is 0 Å². The summed E-state index contributed by atoms with van der Waals surface area (Å²) in [5.41, 5.74) is 3.15. The Balaban J connectivity index is 0.00000137. The van der Waals surface area contributed by atoms with Crippen molar-refractivity contribution in [3.05, 3.63) is 59.2 Å². The van der Waals surface area contributed by atoms with E-state index in [0.29, 0.717) is 5.56 Å². The van der Waals surface area contributed by atoms with E-state index >= 15 is 4.39 Å². The Morgan fingerprint density at radius 1 is 1.37 bits per heavy atom. The third kappa shape index (κ3) is 6.56. The molecule has 4 N–H and O–H groups in total. The smallest absolute Gasteiger partial charge is 0.299 e. The number of carbonyl (C=O) groups is 2. The number of alkyl halides is 2. The highest BCUT2D eigenvalue weighted by Crippen LogP contribution is 2.44. The minimum absolute atomic E-state index is 0.00577. The molecule has 1 aromatic heterocycles. The van der Waals surface area contributed by atoms with Crippen molar-refractivity contribution in [1.29, 1.82) is 0 Å². The van der Waals surface area contributed by atoms with Crippen LogP contribution in [0.4, 0.5) is 18.9 Å². The molecule has 2 heterocycles. The molecule has 2 aromatic rings. The summed E-state index contributed by atoms with van der Waals surface area (Å²) in [5, 5.41) is 9.25. The number of aliphatic imine (C=N–C) groups is 1. The molecule has 1 atom stereocenters. The fraction of sp³-hybridized carbons (Fsp3) is 0.304. The number of amides is 1. The molecule has 35 heavy (non-hydrogen) atoms. The molecular weight excluding hydrogens is 469 g/mol. The zero-order valence-electron chi connectivity index (χ0n) is 18.8. The minimum atomic E-state index is -3.54. The molecule has 9 nitrogen and oxygen atoms in total. The third-order valence-electron chi connectivity index (χ3n) is 4.83. The van der Waals surface area contributed by atoms with E-state index in [2.05, 4.69) is 27.1 Å². The lowest BCUT2D eigenvalue weighted by Gasteiger charge is -2.33. The highest BCUT2D eigenvalue weighted by atomic mass is 19.3. The van der Waals surface area contributed by atoms with Crippen molar-refractivity contribution in [1.82, 2.24) is 4.98 Å². The Morgan fingerprint density at radius 2 is 2.09 bits per heavy atom. The molecule has 1 aliphatic heterocycles. The maximum atomic E-state index is 15.3. The van der Waals surface area contributed by atoms with Crippen LogP contribution >= 0.6 is 0 Å². The number of pyridine rings is 1. The summed E-state index contributed by atoms with van der Waals surface area (Å²) >= 11 is 0. The number of carboxylic acid groups (broad SMARTS) is 1. The molecule has 0 unspecified atom stereocenters. The summed E-state index contributed by atoms with van der Waals surface area (Å²) < 4.78 is 54.5. The molecule has 0 bridgehead atoms. The molecule has 1 aromatic carbocycles. The van der Waals surface area contributed by atoms with Crippen molar-refractivity contribution < 1.29 is 37.3 Å². The van der Waals surface area contributed by atoms with E-state index in [4.69, 9.17) is 25.1 Å². The number of halogens is 3. The number of nitrogens with one attached hydrogen (secondary N) is 1. The fourth-order valence-corrected chi connectivity index (χ4v) is 3.09. The number of anilines is 1. The van der Waals surface area contributed by atoms with Gasteiger partial charge in [-0.1, -0.05) is 24.0 Å². The number of ether oxygens (including phenoxy) is 2. The van der Waals surface area contributed by atoms with Gasteiger partial charge < -0.3 is 25.6 Å². The lowest BCUT2D eigenvalue weighted by molar-refractivity contribution is -0.122. The largest absolute Gasteiger partial charge is 0.483 e. The Hall–Kier alpha value is -3.95. The lowest BCUT2D eigenvalue weighted by atomic mass is 9.85. The van der Waals surface area contributed by atoms with Crippen LogP contribution in [0.1, 0.15) is 28.5 Å². The van der Waals surface area contributed by atoms with Gasteiger partial charge in [0.25, 0.3) is 18.3 Å². The van der Waals surface area contributed by atoms with Crippen LogP contribution < -0.4 is 11.1 Å². The van der Waals surface area contributed by atoms with Gasteiger partial charge in [-0.2, -0.15) is 0 Å².